The van der Waals surface area contributed by atoms with Crippen molar-refractivity contribution >= 4 is 35.5 Å². The topological polar surface area (TPSA) is 51.9 Å². The molecule has 6 nitrogen and oxygen atoms in total. The van der Waals surface area contributed by atoms with Crippen molar-refractivity contribution in [1.29, 1.82) is 0 Å². The Morgan fingerprint density at radius 3 is 2.69 bits per heavy atom. The Kier molecular flexibility index (Phi) is 8.26. The van der Waals surface area contributed by atoms with Crippen molar-refractivity contribution in [3.05, 3.63) is 40.2 Å². The Morgan fingerprint density at radius 1 is 1.19 bits per heavy atom. The molecule has 32 heavy (non-hydrogen) atoms. The van der Waals surface area contributed by atoms with E-state index in [1.807, 2.05) is 29.6 Å². The van der Waals surface area contributed by atoms with Gasteiger partial charge in [-0.1, -0.05) is 24.9 Å². The highest BCUT2D eigenvalue weighted by atomic mass is 35.5. The molecule has 2 aromatic heterocycles. The van der Waals surface area contributed by atoms with Gasteiger partial charge in [-0.25, -0.2) is 4.98 Å². The maximum absolute atomic E-state index is 6.66. The summed E-state index contributed by atoms with van der Waals surface area (Å²) in [5.41, 5.74) is 6.24. The summed E-state index contributed by atoms with van der Waals surface area (Å²) in [5, 5.41) is 5.61. The van der Waals surface area contributed by atoms with Crippen LogP contribution in [0, 0.1) is 6.92 Å². The fourth-order valence-electron chi connectivity index (χ4n) is 4.45. The number of ether oxygens (including phenoxy) is 2. The number of unbranched alkanes of at least 4 members (excludes halogenated alkanes) is 1. The van der Waals surface area contributed by atoms with Gasteiger partial charge in [0.15, 0.2) is 5.65 Å². The van der Waals surface area contributed by atoms with Crippen molar-refractivity contribution in [2.75, 3.05) is 38.8 Å². The zero-order chi connectivity index (χ0) is 22.0. The average Bonchev–Trinajstić information content (AvgIpc) is 3.36. The van der Waals surface area contributed by atoms with E-state index in [0.29, 0.717) is 11.6 Å². The molecule has 8 heteroatoms. The van der Waals surface area contributed by atoms with Crippen molar-refractivity contribution < 1.29 is 9.47 Å². The quantitative estimate of drug-likeness (QED) is 0.404. The summed E-state index contributed by atoms with van der Waals surface area (Å²) < 4.78 is 12.8. The number of aromatic nitrogens is 3. The average molecular weight is 479 g/mol. The van der Waals surface area contributed by atoms with Crippen LogP contribution in [0.25, 0.3) is 16.8 Å². The Labute approximate surface area is 201 Å². The van der Waals surface area contributed by atoms with E-state index in [-0.39, 0.29) is 12.4 Å². The summed E-state index contributed by atoms with van der Waals surface area (Å²) in [6.45, 7) is 6.75. The molecule has 0 bridgehead atoms. The van der Waals surface area contributed by atoms with Gasteiger partial charge in [-0.15, -0.1) is 12.4 Å². The van der Waals surface area contributed by atoms with E-state index in [0.717, 1.165) is 73.4 Å². The number of nitrogens with zero attached hydrogens (tertiary/aromatic N) is 4. The molecule has 2 heterocycles. The van der Waals surface area contributed by atoms with Crippen LogP contribution in [0.3, 0.4) is 0 Å². The third-order valence-electron chi connectivity index (χ3n) is 6.03. The lowest BCUT2D eigenvalue weighted by molar-refractivity contribution is 0.205. The van der Waals surface area contributed by atoms with Crippen LogP contribution in [-0.2, 0) is 17.6 Å². The van der Waals surface area contributed by atoms with Gasteiger partial charge in [-0.2, -0.15) is 9.61 Å². The first-order valence-electron chi connectivity index (χ1n) is 11.1. The van der Waals surface area contributed by atoms with Gasteiger partial charge < -0.3 is 14.4 Å². The minimum absolute atomic E-state index is 0. The van der Waals surface area contributed by atoms with E-state index >= 15 is 0 Å². The zero-order valence-corrected chi connectivity index (χ0v) is 20.9. The number of anilines is 1. The second kappa shape index (κ2) is 10.7. The minimum Gasteiger partial charge on any atom is -0.497 e. The van der Waals surface area contributed by atoms with Gasteiger partial charge in [0, 0.05) is 37.0 Å². The highest BCUT2D eigenvalue weighted by Crippen LogP contribution is 2.39. The van der Waals surface area contributed by atoms with E-state index in [1.165, 1.54) is 17.1 Å². The molecule has 0 N–H and O–H groups in total. The Bertz CT molecular complexity index is 1080. The molecule has 174 valence electrons. The third kappa shape index (κ3) is 4.54. The van der Waals surface area contributed by atoms with Crippen LogP contribution in [0.1, 0.15) is 43.1 Å². The second-order valence-electron chi connectivity index (χ2n) is 8.09. The summed E-state index contributed by atoms with van der Waals surface area (Å²) >= 11 is 6.66. The predicted octanol–water partition coefficient (Wildman–Crippen LogP) is 5.53. The van der Waals surface area contributed by atoms with Crippen molar-refractivity contribution in [2.24, 2.45) is 0 Å². The summed E-state index contributed by atoms with van der Waals surface area (Å²) in [5.74, 6) is 1.91. The molecule has 0 fully saturated rings. The van der Waals surface area contributed by atoms with Crippen LogP contribution >= 0.6 is 24.0 Å². The number of fused-ring (bicyclic) bond motifs is 2. The molecule has 3 aromatic rings. The molecule has 0 aliphatic heterocycles. The normalized spacial score (nSPS) is 12.7. The van der Waals surface area contributed by atoms with Crippen LogP contribution in [0.2, 0.25) is 5.02 Å². The Balaban J connectivity index is 0.00000289. The molecule has 1 aliphatic rings. The summed E-state index contributed by atoms with van der Waals surface area (Å²) in [6, 6.07) is 5.78. The first kappa shape index (κ1) is 24.6. The molecule has 0 saturated carbocycles. The summed E-state index contributed by atoms with van der Waals surface area (Å²) in [6.07, 6.45) is 5.45. The molecular formula is C24H32Cl2N4O2. The molecule has 0 saturated heterocycles. The van der Waals surface area contributed by atoms with Gasteiger partial charge in [0.2, 0.25) is 0 Å². The van der Waals surface area contributed by atoms with E-state index in [4.69, 9.17) is 31.2 Å². The fourth-order valence-corrected chi connectivity index (χ4v) is 4.72. The number of methoxy groups -OCH3 is 2. The second-order valence-corrected chi connectivity index (χ2v) is 8.50. The highest BCUT2D eigenvalue weighted by molar-refractivity contribution is 6.33. The number of rotatable bonds is 9. The van der Waals surface area contributed by atoms with Crippen molar-refractivity contribution in [3.8, 4) is 16.9 Å². The van der Waals surface area contributed by atoms with Crippen molar-refractivity contribution in [3.63, 3.8) is 0 Å². The van der Waals surface area contributed by atoms with E-state index in [2.05, 4.69) is 11.8 Å². The first-order chi connectivity index (χ1) is 15.1. The van der Waals surface area contributed by atoms with Crippen LogP contribution in [0.15, 0.2) is 18.2 Å². The zero-order valence-electron chi connectivity index (χ0n) is 19.3. The Hall–Kier alpha value is -2.02. The lowest BCUT2D eigenvalue weighted by Gasteiger charge is -2.27. The monoisotopic (exact) mass is 478 g/mol. The summed E-state index contributed by atoms with van der Waals surface area (Å²) in [7, 11) is 3.40. The predicted molar refractivity (Wildman–Crippen MR) is 133 cm³/mol. The fraction of sp³-hybridized carbons (Fsp3) is 0.500. The van der Waals surface area contributed by atoms with E-state index < -0.39 is 0 Å². The largest absolute Gasteiger partial charge is 0.497 e. The first-order valence-corrected chi connectivity index (χ1v) is 11.5. The lowest BCUT2D eigenvalue weighted by atomic mass is 10.1. The van der Waals surface area contributed by atoms with Gasteiger partial charge in [0.25, 0.3) is 0 Å². The van der Waals surface area contributed by atoms with Gasteiger partial charge in [0.05, 0.1) is 30.0 Å². The molecule has 0 spiro atoms. The SMILES string of the molecule is CCCCN(CCOC)c1c2c(nc3c(-c4ccc(OC)cc4Cl)c(C)nn13)CCC2.Cl. The molecule has 0 amide bonds. The third-order valence-corrected chi connectivity index (χ3v) is 6.34. The number of aryl methyl sites for hydroxylation is 2. The lowest BCUT2D eigenvalue weighted by Crippen LogP contribution is -2.31. The van der Waals surface area contributed by atoms with Gasteiger partial charge >= 0.3 is 0 Å². The van der Waals surface area contributed by atoms with Gasteiger partial charge in [-0.05, 0) is 50.8 Å². The molecule has 0 unspecified atom stereocenters. The standard InChI is InChI=1S/C24H31ClN4O2.ClH/c1-5-6-12-28(13-14-30-3)24-19-8-7-9-21(19)26-23-22(16(2)27-29(23)24)18-11-10-17(31-4)15-20(18)25;/h10-11,15H,5-9,12-14H2,1-4H3;1H. The number of hydrogen-bond acceptors (Lipinski definition) is 5. The highest BCUT2D eigenvalue weighted by Gasteiger charge is 2.27. The van der Waals surface area contributed by atoms with Crippen LogP contribution in [-0.4, -0.2) is 48.5 Å². The number of benzene rings is 1. The van der Waals surface area contributed by atoms with Crippen LogP contribution in [0.5, 0.6) is 5.75 Å². The van der Waals surface area contributed by atoms with Crippen LogP contribution in [0.4, 0.5) is 5.82 Å². The molecule has 0 atom stereocenters. The molecule has 4 rings (SSSR count). The molecular weight excluding hydrogens is 447 g/mol. The molecule has 0 radical (unpaired) electrons. The molecule has 1 aliphatic carbocycles. The summed E-state index contributed by atoms with van der Waals surface area (Å²) in [4.78, 5) is 7.52. The minimum atomic E-state index is 0. The Morgan fingerprint density at radius 2 is 2.00 bits per heavy atom. The number of hydrogen-bond donors (Lipinski definition) is 0. The maximum atomic E-state index is 6.66. The van der Waals surface area contributed by atoms with Gasteiger partial charge in [0.1, 0.15) is 11.6 Å². The number of halogens is 2. The van der Waals surface area contributed by atoms with Crippen LogP contribution < -0.4 is 9.64 Å². The van der Waals surface area contributed by atoms with Crippen molar-refractivity contribution in [2.45, 2.75) is 46.0 Å². The van der Waals surface area contributed by atoms with Gasteiger partial charge in [-0.3, -0.25) is 0 Å². The molecule has 1 aromatic carbocycles. The smallest absolute Gasteiger partial charge is 0.165 e. The van der Waals surface area contributed by atoms with Crippen molar-refractivity contribution in [1.82, 2.24) is 14.6 Å². The van der Waals surface area contributed by atoms with E-state index in [9.17, 15) is 0 Å². The van der Waals surface area contributed by atoms with E-state index in [1.54, 1.807) is 14.2 Å². The maximum Gasteiger partial charge on any atom is 0.165 e.